The maximum Gasteiger partial charge on any atom is 0.407 e. The molecule has 44 heavy (non-hydrogen) atoms. The fraction of sp³-hybridized carbons (Fsp3) is 0.765. The van der Waals surface area contributed by atoms with Gasteiger partial charge in [0.15, 0.2) is 6.20 Å². The van der Waals surface area contributed by atoms with E-state index in [0.717, 1.165) is 12.8 Å². The first-order valence-corrected chi connectivity index (χ1v) is 17.1. The molecular weight excluding hydrogens is 560 g/mol. The molecule has 0 spiro atoms. The molecule has 0 fully saturated rings. The van der Waals surface area contributed by atoms with Crippen molar-refractivity contribution in [1.82, 2.24) is 16.0 Å². The van der Waals surface area contributed by atoms with Crippen LogP contribution in [0.3, 0.4) is 0 Å². The largest absolute Gasteiger partial charge is 0.447 e. The number of nitrogens with one attached hydrogen (secondary N) is 3. The lowest BCUT2D eigenvalue weighted by Crippen LogP contribution is -2.44. The molecule has 1 rings (SSSR count). The zero-order chi connectivity index (χ0) is 32.1. The van der Waals surface area contributed by atoms with Gasteiger partial charge in [0, 0.05) is 38.9 Å². The summed E-state index contributed by atoms with van der Waals surface area (Å²) in [6.45, 7) is 5.85. The van der Waals surface area contributed by atoms with Gasteiger partial charge in [-0.05, 0) is 19.4 Å². The third-order valence-electron chi connectivity index (χ3n) is 7.63. The van der Waals surface area contributed by atoms with Gasteiger partial charge >= 0.3 is 18.1 Å². The van der Waals surface area contributed by atoms with Gasteiger partial charge in [0.2, 0.25) is 0 Å². The SMILES string of the molecule is CCCCCCCCCCCCCCCCCCNC(=O)OCC(COC(=O)NCCNC(=O)c1cccc[n+]1CC)OC. The van der Waals surface area contributed by atoms with E-state index in [4.69, 9.17) is 14.2 Å². The van der Waals surface area contributed by atoms with Crippen molar-refractivity contribution in [1.29, 1.82) is 0 Å². The molecule has 10 heteroatoms. The molecular formula is C34H61N4O6+. The number of ether oxygens (including phenoxy) is 3. The number of carbonyl (C=O) groups excluding carboxylic acids is 3. The first kappa shape index (κ1) is 39.1. The van der Waals surface area contributed by atoms with E-state index in [-0.39, 0.29) is 32.2 Å². The number of hydrogen-bond acceptors (Lipinski definition) is 6. The molecule has 3 N–H and O–H groups in total. The van der Waals surface area contributed by atoms with Gasteiger partial charge in [-0.25, -0.2) is 9.59 Å². The quantitative estimate of drug-likeness (QED) is 0.0767. The average Bonchev–Trinajstić information content (AvgIpc) is 3.04. The molecule has 3 amide bonds. The first-order chi connectivity index (χ1) is 21.5. The standard InChI is InChI=1S/C34H60N4O6/c1-4-6-7-8-9-10-11-12-13-14-15-16-17-18-19-21-24-36-33(40)43-28-30(42-3)29-44-34(41)37-26-25-35-32(39)31-23-20-22-27-38(31)5-2/h20,22-23,27,30H,4-19,21,24-26,28-29H2,1-3H3,(H2-,35,36,37,39,40,41)/p+1. The number of hydrogen-bond donors (Lipinski definition) is 3. The van der Waals surface area contributed by atoms with Crippen LogP contribution in [0.1, 0.15) is 127 Å². The van der Waals surface area contributed by atoms with Crippen molar-refractivity contribution in [3.8, 4) is 0 Å². The Morgan fingerprint density at radius 2 is 1.14 bits per heavy atom. The monoisotopic (exact) mass is 621 g/mol. The second-order valence-electron chi connectivity index (χ2n) is 11.3. The summed E-state index contributed by atoms with van der Waals surface area (Å²) in [5, 5.41) is 8.11. The van der Waals surface area contributed by atoms with Gasteiger partial charge in [0.05, 0.1) is 0 Å². The van der Waals surface area contributed by atoms with Gasteiger partial charge in [0.25, 0.3) is 5.69 Å². The summed E-state index contributed by atoms with van der Waals surface area (Å²) in [4.78, 5) is 36.3. The minimum Gasteiger partial charge on any atom is -0.447 e. The average molecular weight is 622 g/mol. The highest BCUT2D eigenvalue weighted by Crippen LogP contribution is 2.13. The van der Waals surface area contributed by atoms with E-state index in [9.17, 15) is 14.4 Å². The van der Waals surface area contributed by atoms with Gasteiger partial charge in [0.1, 0.15) is 25.9 Å². The number of carbonyl (C=O) groups is 3. The van der Waals surface area contributed by atoms with E-state index in [0.29, 0.717) is 18.8 Å². The molecule has 0 radical (unpaired) electrons. The molecule has 1 unspecified atom stereocenters. The highest BCUT2D eigenvalue weighted by Gasteiger charge is 2.17. The third kappa shape index (κ3) is 20.9. The number of amides is 3. The normalized spacial score (nSPS) is 11.5. The van der Waals surface area contributed by atoms with Crippen molar-refractivity contribution in [3.63, 3.8) is 0 Å². The Morgan fingerprint density at radius 1 is 0.659 bits per heavy atom. The molecule has 0 bridgehead atoms. The molecule has 0 saturated carbocycles. The van der Waals surface area contributed by atoms with Crippen LogP contribution in [0.25, 0.3) is 0 Å². The molecule has 0 aliphatic rings. The van der Waals surface area contributed by atoms with E-state index in [2.05, 4.69) is 22.9 Å². The summed E-state index contributed by atoms with van der Waals surface area (Å²) >= 11 is 0. The lowest BCUT2D eigenvalue weighted by Gasteiger charge is -2.16. The summed E-state index contributed by atoms with van der Waals surface area (Å²) in [6, 6.07) is 5.42. The van der Waals surface area contributed by atoms with Crippen LogP contribution in [-0.2, 0) is 20.8 Å². The number of rotatable bonds is 27. The molecule has 10 nitrogen and oxygen atoms in total. The zero-order valence-corrected chi connectivity index (χ0v) is 27.8. The molecule has 1 heterocycles. The smallest absolute Gasteiger partial charge is 0.407 e. The van der Waals surface area contributed by atoms with Crippen LogP contribution in [0, 0.1) is 0 Å². The topological polar surface area (TPSA) is 119 Å². The van der Waals surface area contributed by atoms with E-state index in [1.165, 1.54) is 97.0 Å². The summed E-state index contributed by atoms with van der Waals surface area (Å²) in [7, 11) is 1.46. The summed E-state index contributed by atoms with van der Waals surface area (Å²) < 4.78 is 17.4. The van der Waals surface area contributed by atoms with E-state index >= 15 is 0 Å². The van der Waals surface area contributed by atoms with Crippen molar-refractivity contribution >= 4 is 18.1 Å². The fourth-order valence-corrected chi connectivity index (χ4v) is 4.88. The van der Waals surface area contributed by atoms with Crippen molar-refractivity contribution in [3.05, 3.63) is 30.1 Å². The number of unbranched alkanes of at least 4 members (excludes halogenated alkanes) is 15. The van der Waals surface area contributed by atoms with Crippen molar-refractivity contribution < 1.29 is 33.2 Å². The number of aryl methyl sites for hydroxylation is 1. The Bertz CT molecular complexity index is 885. The summed E-state index contributed by atoms with van der Waals surface area (Å²) in [5.74, 6) is -0.215. The lowest BCUT2D eigenvalue weighted by atomic mass is 10.0. The molecule has 1 aromatic heterocycles. The second-order valence-corrected chi connectivity index (χ2v) is 11.3. The van der Waals surface area contributed by atoms with Crippen LogP contribution in [0.15, 0.2) is 24.4 Å². The molecule has 252 valence electrons. The Labute approximate surface area is 266 Å². The van der Waals surface area contributed by atoms with Gasteiger partial charge in [-0.2, -0.15) is 4.57 Å². The molecule has 0 aliphatic carbocycles. The minimum atomic E-state index is -0.641. The molecule has 1 aromatic rings. The number of pyridine rings is 1. The highest BCUT2D eigenvalue weighted by atomic mass is 16.6. The summed E-state index contributed by atoms with van der Waals surface area (Å²) in [6.07, 6.45) is 21.1. The maximum atomic E-state index is 12.3. The predicted octanol–water partition coefficient (Wildman–Crippen LogP) is 6.45. The Hall–Kier alpha value is -2.88. The van der Waals surface area contributed by atoms with E-state index < -0.39 is 18.3 Å². The summed E-state index contributed by atoms with van der Waals surface area (Å²) in [5.41, 5.74) is 0.551. The van der Waals surface area contributed by atoms with Gasteiger partial charge < -0.3 is 30.2 Å². The maximum absolute atomic E-state index is 12.3. The second kappa shape index (κ2) is 27.7. The zero-order valence-electron chi connectivity index (χ0n) is 27.8. The third-order valence-corrected chi connectivity index (χ3v) is 7.63. The first-order valence-electron chi connectivity index (χ1n) is 17.1. The van der Waals surface area contributed by atoms with Crippen LogP contribution in [0.5, 0.6) is 0 Å². The Balaban J connectivity index is 1.95. The minimum absolute atomic E-state index is 0.0286. The van der Waals surface area contributed by atoms with Crippen molar-refractivity contribution in [2.45, 2.75) is 129 Å². The molecule has 0 saturated heterocycles. The molecule has 1 atom stereocenters. The van der Waals surface area contributed by atoms with Crippen molar-refractivity contribution in [2.24, 2.45) is 0 Å². The Kier molecular flexibility index (Phi) is 24.6. The van der Waals surface area contributed by atoms with Gasteiger partial charge in [-0.3, -0.25) is 4.79 Å². The highest BCUT2D eigenvalue weighted by molar-refractivity contribution is 5.90. The number of nitrogens with zero attached hydrogens (tertiary/aromatic N) is 1. The van der Waals surface area contributed by atoms with Crippen LogP contribution in [0.4, 0.5) is 9.59 Å². The molecule has 0 aromatic carbocycles. The fourth-order valence-electron chi connectivity index (χ4n) is 4.88. The Morgan fingerprint density at radius 3 is 1.64 bits per heavy atom. The number of alkyl carbamates (subject to hydrolysis) is 2. The van der Waals surface area contributed by atoms with Crippen LogP contribution < -0.4 is 20.5 Å². The predicted molar refractivity (Wildman–Crippen MR) is 174 cm³/mol. The number of aromatic nitrogens is 1. The van der Waals surface area contributed by atoms with E-state index in [1.807, 2.05) is 23.8 Å². The van der Waals surface area contributed by atoms with Crippen molar-refractivity contribution in [2.75, 3.05) is 40.0 Å². The lowest BCUT2D eigenvalue weighted by molar-refractivity contribution is -0.695. The molecule has 0 aliphatic heterocycles. The van der Waals surface area contributed by atoms with E-state index in [1.54, 1.807) is 12.1 Å². The van der Waals surface area contributed by atoms with Gasteiger partial charge in [-0.15, -0.1) is 0 Å². The number of methoxy groups -OCH3 is 1. The van der Waals surface area contributed by atoms with Crippen LogP contribution in [-0.4, -0.2) is 64.2 Å². The van der Waals surface area contributed by atoms with Gasteiger partial charge in [-0.1, -0.05) is 103 Å². The van der Waals surface area contributed by atoms with Crippen LogP contribution in [0.2, 0.25) is 0 Å². The van der Waals surface area contributed by atoms with Crippen LogP contribution >= 0.6 is 0 Å².